The molecule has 0 aliphatic carbocycles. The molecule has 2 aromatic rings. The van der Waals surface area contributed by atoms with Gasteiger partial charge in [-0.05, 0) is 12.1 Å². The lowest BCUT2D eigenvalue weighted by Gasteiger charge is -2.14. The van der Waals surface area contributed by atoms with E-state index in [4.69, 9.17) is 17.4 Å². The zero-order chi connectivity index (χ0) is 18.2. The Balaban J connectivity index is 2.85. The monoisotopic (exact) mass is 364 g/mol. The van der Waals surface area contributed by atoms with Gasteiger partial charge in [-0.2, -0.15) is 18.3 Å². The van der Waals surface area contributed by atoms with Crippen LogP contribution in [0.5, 0.6) is 0 Å². The summed E-state index contributed by atoms with van der Waals surface area (Å²) in [5.74, 6) is 3.89. The highest BCUT2D eigenvalue weighted by atomic mass is 35.5. The van der Waals surface area contributed by atoms with Crippen LogP contribution in [-0.4, -0.2) is 15.3 Å². The number of rotatable bonds is 2. The molecule has 24 heavy (non-hydrogen) atoms. The molecular weight excluding hydrogens is 356 g/mol. The topological polar surface area (TPSA) is 82.4 Å². The van der Waals surface area contributed by atoms with Crippen molar-refractivity contribution in [3.8, 4) is 5.69 Å². The van der Waals surface area contributed by atoms with Gasteiger partial charge >= 0.3 is 11.9 Å². The van der Waals surface area contributed by atoms with Crippen molar-refractivity contribution < 1.29 is 17.6 Å². The normalized spacial score (nSPS) is 12.1. The second-order valence-electron chi connectivity index (χ2n) is 4.65. The lowest BCUT2D eigenvalue weighted by molar-refractivity contribution is -0.144. The third-order valence-corrected chi connectivity index (χ3v) is 3.46. The van der Waals surface area contributed by atoms with Crippen LogP contribution in [-0.2, 0) is 13.2 Å². The molecule has 1 heterocycles. The molecule has 2 N–H and O–H groups in total. The van der Waals surface area contributed by atoms with Crippen LogP contribution in [0, 0.1) is 5.82 Å². The number of aromatic nitrogens is 2. The van der Waals surface area contributed by atoms with E-state index in [1.54, 1.807) is 0 Å². The van der Waals surface area contributed by atoms with Gasteiger partial charge in [-0.25, -0.2) is 13.8 Å². The number of hydrogen-bond acceptors (Lipinski definition) is 4. The fraction of sp³-hybridized carbons (Fsp3) is 0.154. The van der Waals surface area contributed by atoms with Gasteiger partial charge in [-0.1, -0.05) is 11.6 Å². The van der Waals surface area contributed by atoms with Gasteiger partial charge in [0, 0.05) is 18.7 Å². The maximum Gasteiger partial charge on any atom is 0.431 e. The number of benzene rings is 1. The summed E-state index contributed by atoms with van der Waals surface area (Å²) >= 11 is 5.76. The highest BCUT2D eigenvalue weighted by Crippen LogP contribution is 2.27. The lowest BCUT2D eigenvalue weighted by atomic mass is 10.2. The van der Waals surface area contributed by atoms with Crippen molar-refractivity contribution >= 4 is 17.8 Å². The summed E-state index contributed by atoms with van der Waals surface area (Å²) in [5.41, 5.74) is -4.67. The predicted octanol–water partition coefficient (Wildman–Crippen LogP) is 1.64. The van der Waals surface area contributed by atoms with Gasteiger partial charge < -0.3 is 5.84 Å². The van der Waals surface area contributed by atoms with Crippen LogP contribution in [0.2, 0.25) is 5.02 Å². The minimum Gasteiger partial charge on any atom is -0.323 e. The van der Waals surface area contributed by atoms with E-state index in [1.165, 1.54) is 0 Å². The van der Waals surface area contributed by atoms with Crippen LogP contribution >= 0.6 is 11.6 Å². The molecule has 2 rings (SSSR count). The molecule has 0 fully saturated rings. The Morgan fingerprint density at radius 2 is 1.88 bits per heavy atom. The van der Waals surface area contributed by atoms with Crippen LogP contribution in [0.1, 0.15) is 11.3 Å². The van der Waals surface area contributed by atoms with E-state index in [0.29, 0.717) is 0 Å². The number of halogens is 5. The molecule has 0 saturated heterocycles. The summed E-state index contributed by atoms with van der Waals surface area (Å²) in [4.78, 5) is 24.1. The molecular formula is C13H9ClF4N4O2. The van der Waals surface area contributed by atoms with Gasteiger partial charge in [0.05, 0.1) is 16.9 Å². The average Bonchev–Trinajstić information content (AvgIpc) is 2.46. The summed E-state index contributed by atoms with van der Waals surface area (Å²) in [5, 5.41) is 3.08. The average molecular weight is 365 g/mol. The van der Waals surface area contributed by atoms with Crippen molar-refractivity contribution in [1.29, 1.82) is 0 Å². The Morgan fingerprint density at radius 3 is 2.42 bits per heavy atom. The first kappa shape index (κ1) is 17.7. The largest absolute Gasteiger partial charge is 0.431 e. The smallest absolute Gasteiger partial charge is 0.323 e. The van der Waals surface area contributed by atoms with Crippen LogP contribution in [0.3, 0.4) is 0 Å². The van der Waals surface area contributed by atoms with Crippen molar-refractivity contribution in [1.82, 2.24) is 9.13 Å². The van der Waals surface area contributed by atoms with Crippen molar-refractivity contribution in [2.45, 2.75) is 6.18 Å². The van der Waals surface area contributed by atoms with E-state index < -0.39 is 34.6 Å². The molecule has 1 aromatic heterocycles. The van der Waals surface area contributed by atoms with Gasteiger partial charge in [0.1, 0.15) is 11.5 Å². The van der Waals surface area contributed by atoms with Crippen LogP contribution in [0.15, 0.2) is 32.9 Å². The molecule has 0 saturated carbocycles. The van der Waals surface area contributed by atoms with E-state index in [2.05, 4.69) is 5.10 Å². The molecule has 11 heteroatoms. The van der Waals surface area contributed by atoms with Crippen molar-refractivity contribution in [3.63, 3.8) is 0 Å². The quantitative estimate of drug-likeness (QED) is 0.380. The number of hydrogen-bond donors (Lipinski definition) is 1. The minimum absolute atomic E-state index is 0.0735. The number of nitrogens with two attached hydrogens (primary N) is 1. The van der Waals surface area contributed by atoms with E-state index in [-0.39, 0.29) is 25.8 Å². The molecule has 6 nitrogen and oxygen atoms in total. The van der Waals surface area contributed by atoms with Crippen molar-refractivity contribution in [2.24, 2.45) is 18.0 Å². The Kier molecular flexibility index (Phi) is 4.52. The Hall–Kier alpha value is -2.62. The summed E-state index contributed by atoms with van der Waals surface area (Å²) < 4.78 is 53.0. The molecule has 128 valence electrons. The molecule has 0 amide bonds. The standard InChI is InChI=1S/C13H9ClF4N4O2/c1-21-10(13(16,17)18)4-11(23)22(12(21)24)9-2-6(5-20-19)7(14)3-8(9)15/h2-5H,19H2,1H3/b20-5+. The Bertz CT molecular complexity index is 947. The molecule has 0 atom stereocenters. The molecule has 0 aliphatic heterocycles. The third-order valence-electron chi connectivity index (χ3n) is 3.13. The van der Waals surface area contributed by atoms with E-state index >= 15 is 0 Å². The fourth-order valence-electron chi connectivity index (χ4n) is 2.02. The van der Waals surface area contributed by atoms with Gasteiger partial charge in [-0.15, -0.1) is 0 Å². The van der Waals surface area contributed by atoms with Gasteiger partial charge in [-0.3, -0.25) is 9.36 Å². The van der Waals surface area contributed by atoms with Gasteiger partial charge in [0.2, 0.25) is 0 Å². The zero-order valence-corrected chi connectivity index (χ0v) is 12.7. The van der Waals surface area contributed by atoms with Crippen molar-refractivity contribution in [2.75, 3.05) is 0 Å². The zero-order valence-electron chi connectivity index (χ0n) is 11.9. The van der Waals surface area contributed by atoms with E-state index in [0.717, 1.165) is 25.4 Å². The van der Waals surface area contributed by atoms with Gasteiger partial charge in [0.25, 0.3) is 5.56 Å². The van der Waals surface area contributed by atoms with E-state index in [9.17, 15) is 27.2 Å². The second kappa shape index (κ2) is 6.11. The number of nitrogens with zero attached hydrogens (tertiary/aromatic N) is 3. The Labute approximate surface area is 136 Å². The fourth-order valence-corrected chi connectivity index (χ4v) is 2.22. The summed E-state index contributed by atoms with van der Waals surface area (Å²) in [6.07, 6.45) is -3.88. The van der Waals surface area contributed by atoms with Crippen molar-refractivity contribution in [3.05, 3.63) is 61.1 Å². The summed E-state index contributed by atoms with van der Waals surface area (Å²) in [6, 6.07) is 1.97. The third kappa shape index (κ3) is 3.04. The molecule has 0 aliphatic rings. The highest BCUT2D eigenvalue weighted by molar-refractivity contribution is 6.33. The predicted molar refractivity (Wildman–Crippen MR) is 79.0 cm³/mol. The molecule has 0 radical (unpaired) electrons. The van der Waals surface area contributed by atoms with Crippen LogP contribution < -0.4 is 17.1 Å². The number of alkyl halides is 3. The molecule has 1 aromatic carbocycles. The minimum atomic E-state index is -4.91. The summed E-state index contributed by atoms with van der Waals surface area (Å²) in [6.45, 7) is 0. The maximum absolute atomic E-state index is 14.1. The second-order valence-corrected chi connectivity index (χ2v) is 5.05. The molecule has 0 unspecified atom stereocenters. The Morgan fingerprint density at radius 1 is 1.25 bits per heavy atom. The first-order valence-corrected chi connectivity index (χ1v) is 6.58. The maximum atomic E-state index is 14.1. The lowest BCUT2D eigenvalue weighted by Crippen LogP contribution is -2.41. The molecule has 0 spiro atoms. The first-order valence-electron chi connectivity index (χ1n) is 6.21. The molecule has 0 bridgehead atoms. The number of hydrazone groups is 1. The first-order chi connectivity index (χ1) is 11.1. The highest BCUT2D eigenvalue weighted by Gasteiger charge is 2.35. The SMILES string of the molecule is Cn1c(C(F)(F)F)cc(=O)n(-c2cc(/C=N/N)c(Cl)cc2F)c1=O. The van der Waals surface area contributed by atoms with Crippen LogP contribution in [0.4, 0.5) is 17.6 Å². The summed E-state index contributed by atoms with van der Waals surface area (Å²) in [7, 11) is 0.817. The van der Waals surface area contributed by atoms with Gasteiger partial charge in [0.15, 0.2) is 0 Å². The van der Waals surface area contributed by atoms with E-state index in [1.807, 2.05) is 0 Å². The van der Waals surface area contributed by atoms with Crippen LogP contribution in [0.25, 0.3) is 5.69 Å².